The number of amidine groups is 1. The molecule has 144 valence electrons. The molecule has 0 saturated carbocycles. The molecule has 0 spiro atoms. The van der Waals surface area contributed by atoms with Gasteiger partial charge in [-0.25, -0.2) is 0 Å². The van der Waals surface area contributed by atoms with Crippen LogP contribution < -0.4 is 10.6 Å². The number of hydrogen-bond acceptors (Lipinski definition) is 7. The van der Waals surface area contributed by atoms with Crippen molar-refractivity contribution in [2.24, 2.45) is 5.10 Å². The number of benzene rings is 2. The molecule has 0 saturated heterocycles. The van der Waals surface area contributed by atoms with E-state index >= 15 is 0 Å². The third kappa shape index (κ3) is 3.16. The minimum Gasteiger partial charge on any atom is -0.360 e. The Hall–Kier alpha value is -2.78. The number of carbonyl (C=O) groups is 1. The molecule has 4 rings (SSSR count). The van der Waals surface area contributed by atoms with Crippen LogP contribution in [0.2, 0.25) is 5.02 Å². The first kappa shape index (κ1) is 18.6. The van der Waals surface area contributed by atoms with E-state index in [1.807, 2.05) is 31.2 Å². The fourth-order valence-electron chi connectivity index (χ4n) is 3.33. The summed E-state index contributed by atoms with van der Waals surface area (Å²) in [5, 5.41) is 24.3. The van der Waals surface area contributed by atoms with Gasteiger partial charge in [-0.2, -0.15) is 0 Å². The number of fused-ring (bicyclic) bond motifs is 3. The van der Waals surface area contributed by atoms with Crippen LogP contribution >= 0.6 is 23.4 Å². The lowest BCUT2D eigenvalue weighted by atomic mass is 9.97. The van der Waals surface area contributed by atoms with Crippen LogP contribution in [0.5, 0.6) is 0 Å². The number of anilines is 1. The van der Waals surface area contributed by atoms with Crippen molar-refractivity contribution >= 4 is 45.8 Å². The normalized spacial score (nSPS) is 20.4. The van der Waals surface area contributed by atoms with Gasteiger partial charge in [0.15, 0.2) is 11.2 Å². The van der Waals surface area contributed by atoms with Crippen molar-refractivity contribution in [1.82, 2.24) is 10.3 Å². The lowest BCUT2D eigenvalue weighted by Crippen LogP contribution is -2.50. The fourth-order valence-corrected chi connectivity index (χ4v) is 4.11. The van der Waals surface area contributed by atoms with E-state index in [1.165, 1.54) is 23.9 Å². The Kier molecular flexibility index (Phi) is 4.86. The number of nitro groups is 1. The van der Waals surface area contributed by atoms with E-state index in [2.05, 4.69) is 15.7 Å². The van der Waals surface area contributed by atoms with Gasteiger partial charge in [-0.1, -0.05) is 54.6 Å². The summed E-state index contributed by atoms with van der Waals surface area (Å²) in [4.78, 5) is 23.7. The van der Waals surface area contributed by atoms with Crippen molar-refractivity contribution in [3.8, 4) is 0 Å². The van der Waals surface area contributed by atoms with Crippen LogP contribution in [-0.2, 0) is 4.79 Å². The van der Waals surface area contributed by atoms with Crippen molar-refractivity contribution in [1.29, 1.82) is 0 Å². The molecule has 2 aromatic carbocycles. The predicted molar refractivity (Wildman–Crippen MR) is 109 cm³/mol. The molecular weight excluding hydrogens is 402 g/mol. The molecule has 2 heterocycles. The van der Waals surface area contributed by atoms with Gasteiger partial charge >= 0.3 is 0 Å². The van der Waals surface area contributed by atoms with Crippen molar-refractivity contribution < 1.29 is 9.72 Å². The summed E-state index contributed by atoms with van der Waals surface area (Å²) >= 11 is 7.39. The molecule has 0 unspecified atom stereocenters. The number of halogens is 1. The maximum atomic E-state index is 12.9. The standard InChI is InChI=1S/C18H16ClN5O3S/c1-2-28-18-21-17(25)15-11-5-3-4-6-13(11)20-16(23(15)22-18)10-7-8-12(19)14(9-10)24(26)27/h3-9,15-16,20H,2H2,1H3,(H,21,22,25)/t15-,16+/m0/s1. The Bertz CT molecular complexity index is 999. The minimum absolute atomic E-state index is 0.0589. The average Bonchev–Trinajstić information content (AvgIpc) is 2.67. The Morgan fingerprint density at radius 1 is 1.32 bits per heavy atom. The predicted octanol–water partition coefficient (Wildman–Crippen LogP) is 3.87. The molecule has 0 bridgehead atoms. The molecule has 2 N–H and O–H groups in total. The first-order valence-electron chi connectivity index (χ1n) is 8.59. The highest BCUT2D eigenvalue weighted by Crippen LogP contribution is 2.43. The number of nitrogens with zero attached hydrogens (tertiary/aromatic N) is 3. The number of amides is 1. The van der Waals surface area contributed by atoms with Crippen LogP contribution in [-0.4, -0.2) is 26.8 Å². The molecule has 2 atom stereocenters. The summed E-state index contributed by atoms with van der Waals surface area (Å²) in [7, 11) is 0. The smallest absolute Gasteiger partial charge is 0.288 e. The van der Waals surface area contributed by atoms with Gasteiger partial charge in [0.05, 0.1) is 4.92 Å². The lowest BCUT2D eigenvalue weighted by Gasteiger charge is -2.43. The van der Waals surface area contributed by atoms with E-state index in [0.29, 0.717) is 10.7 Å². The zero-order valence-corrected chi connectivity index (χ0v) is 16.3. The number of hydrogen-bond donors (Lipinski definition) is 2. The quantitative estimate of drug-likeness (QED) is 0.580. The van der Waals surface area contributed by atoms with Crippen molar-refractivity contribution in [2.75, 3.05) is 11.1 Å². The van der Waals surface area contributed by atoms with E-state index in [-0.39, 0.29) is 16.6 Å². The Morgan fingerprint density at radius 2 is 2.11 bits per heavy atom. The van der Waals surface area contributed by atoms with E-state index in [1.54, 1.807) is 11.1 Å². The Morgan fingerprint density at radius 3 is 2.86 bits per heavy atom. The van der Waals surface area contributed by atoms with Crippen molar-refractivity contribution in [2.45, 2.75) is 19.1 Å². The largest absolute Gasteiger partial charge is 0.360 e. The van der Waals surface area contributed by atoms with Crippen LogP contribution in [0.3, 0.4) is 0 Å². The van der Waals surface area contributed by atoms with Gasteiger partial charge in [0, 0.05) is 22.9 Å². The number of thioether (sulfide) groups is 1. The molecule has 0 aromatic heterocycles. The fraction of sp³-hybridized carbons (Fsp3) is 0.222. The Balaban J connectivity index is 1.85. The van der Waals surface area contributed by atoms with E-state index in [0.717, 1.165) is 17.0 Å². The highest BCUT2D eigenvalue weighted by atomic mass is 35.5. The van der Waals surface area contributed by atoms with Gasteiger partial charge in [-0.3, -0.25) is 19.9 Å². The van der Waals surface area contributed by atoms with E-state index in [9.17, 15) is 14.9 Å². The molecule has 0 aliphatic carbocycles. The number of rotatable bonds is 3. The summed E-state index contributed by atoms with van der Waals surface area (Å²) in [6.45, 7) is 1.97. The molecule has 2 aliphatic rings. The highest BCUT2D eigenvalue weighted by molar-refractivity contribution is 8.13. The molecule has 0 fully saturated rings. The second-order valence-electron chi connectivity index (χ2n) is 6.21. The van der Waals surface area contributed by atoms with Crippen molar-refractivity contribution in [3.63, 3.8) is 0 Å². The van der Waals surface area contributed by atoms with Crippen molar-refractivity contribution in [3.05, 3.63) is 68.7 Å². The third-order valence-electron chi connectivity index (χ3n) is 4.53. The zero-order valence-electron chi connectivity index (χ0n) is 14.8. The van der Waals surface area contributed by atoms with Gasteiger partial charge in [0.2, 0.25) is 0 Å². The third-order valence-corrected chi connectivity index (χ3v) is 5.59. The first-order chi connectivity index (χ1) is 13.5. The molecule has 0 radical (unpaired) electrons. The molecule has 1 amide bonds. The summed E-state index contributed by atoms with van der Waals surface area (Å²) in [6.07, 6.45) is -0.561. The zero-order chi connectivity index (χ0) is 19.8. The molecule has 28 heavy (non-hydrogen) atoms. The second-order valence-corrected chi connectivity index (χ2v) is 7.87. The molecule has 2 aromatic rings. The molecule has 8 nitrogen and oxygen atoms in total. The van der Waals surface area contributed by atoms with E-state index in [4.69, 9.17) is 11.6 Å². The molecular formula is C18H16ClN5O3S. The Labute approximate surface area is 170 Å². The number of para-hydroxylation sites is 1. The maximum Gasteiger partial charge on any atom is 0.288 e. The number of hydrazone groups is 1. The molecule has 10 heteroatoms. The average molecular weight is 418 g/mol. The van der Waals surface area contributed by atoms with Gasteiger partial charge in [0.25, 0.3) is 11.6 Å². The van der Waals surface area contributed by atoms with Gasteiger partial charge < -0.3 is 10.6 Å². The van der Waals surface area contributed by atoms with Gasteiger partial charge in [0.1, 0.15) is 11.2 Å². The van der Waals surface area contributed by atoms with Crippen LogP contribution in [0.25, 0.3) is 0 Å². The van der Waals surface area contributed by atoms with E-state index < -0.39 is 17.1 Å². The number of carbonyl (C=O) groups excluding carboxylic acids is 1. The molecule has 2 aliphatic heterocycles. The summed E-state index contributed by atoms with van der Waals surface area (Å²) in [5.41, 5.74) is 1.98. The number of nitro benzene ring substituents is 1. The van der Waals surface area contributed by atoms with Gasteiger partial charge in [-0.15, -0.1) is 5.10 Å². The monoisotopic (exact) mass is 417 g/mol. The first-order valence-corrected chi connectivity index (χ1v) is 9.96. The van der Waals surface area contributed by atoms with Crippen LogP contribution in [0.1, 0.15) is 30.3 Å². The summed E-state index contributed by atoms with van der Waals surface area (Å²) in [5.74, 6) is 0.562. The number of nitrogens with one attached hydrogen (secondary N) is 2. The minimum atomic E-state index is -0.640. The lowest BCUT2D eigenvalue weighted by molar-refractivity contribution is -0.384. The topological polar surface area (TPSA) is 99.9 Å². The SMILES string of the molecule is CCSC1=NN2[C@H](C(=O)N1)c1ccccc1N[C@H]2c1ccc(Cl)c([N+](=O)[O-])c1. The second kappa shape index (κ2) is 7.33. The van der Waals surface area contributed by atoms with Crippen LogP contribution in [0.4, 0.5) is 11.4 Å². The maximum absolute atomic E-state index is 12.9. The van der Waals surface area contributed by atoms with Gasteiger partial charge in [-0.05, 0) is 17.9 Å². The summed E-state index contributed by atoms with van der Waals surface area (Å²) < 4.78 is 0. The highest BCUT2D eigenvalue weighted by Gasteiger charge is 2.42. The summed E-state index contributed by atoms with van der Waals surface area (Å²) in [6, 6.07) is 11.4. The van der Waals surface area contributed by atoms with Crippen LogP contribution in [0, 0.1) is 10.1 Å². The van der Waals surface area contributed by atoms with Crippen LogP contribution in [0.15, 0.2) is 47.6 Å².